The number of carbonyl (C=O) groups is 1. The van der Waals surface area contributed by atoms with Gasteiger partial charge >= 0.3 is 0 Å². The molecule has 0 heterocycles. The van der Waals surface area contributed by atoms with Gasteiger partial charge in [-0.2, -0.15) is 0 Å². The lowest BCUT2D eigenvalue weighted by Gasteiger charge is -2.33. The monoisotopic (exact) mass is 250 g/mol. The van der Waals surface area contributed by atoms with Gasteiger partial charge in [0.05, 0.1) is 5.41 Å². The van der Waals surface area contributed by atoms with Crippen LogP contribution >= 0.6 is 0 Å². The molecule has 0 aromatic heterocycles. The number of hydrogen-bond acceptors (Lipinski definition) is 1. The molecule has 4 aliphatic rings. The molecule has 0 saturated heterocycles. The summed E-state index contributed by atoms with van der Waals surface area (Å²) in [6, 6.07) is 8.48. The molecule has 0 radical (unpaired) electrons. The zero-order valence-electron chi connectivity index (χ0n) is 11.4. The number of fused-ring (bicyclic) bond motifs is 3. The first-order chi connectivity index (χ1) is 9.04. The number of benzene rings is 1. The van der Waals surface area contributed by atoms with Crippen molar-refractivity contribution < 1.29 is 4.79 Å². The summed E-state index contributed by atoms with van der Waals surface area (Å²) in [7, 11) is 0. The zero-order chi connectivity index (χ0) is 13.3. The summed E-state index contributed by atoms with van der Waals surface area (Å²) in [6.45, 7) is 4.54. The van der Waals surface area contributed by atoms with Crippen molar-refractivity contribution in [2.75, 3.05) is 0 Å². The molecule has 2 atom stereocenters. The van der Waals surface area contributed by atoms with Gasteiger partial charge in [-0.3, -0.25) is 4.79 Å². The molecule has 0 N–H and O–H groups in total. The fraction of sp³-hybridized carbons (Fsp3) is 0.389. The Balaban J connectivity index is 2.05. The van der Waals surface area contributed by atoms with E-state index in [9.17, 15) is 4.79 Å². The average molecular weight is 250 g/mol. The van der Waals surface area contributed by atoms with Crippen molar-refractivity contribution in [3.63, 3.8) is 0 Å². The van der Waals surface area contributed by atoms with E-state index in [0.29, 0.717) is 11.7 Å². The van der Waals surface area contributed by atoms with Crippen molar-refractivity contribution in [1.29, 1.82) is 0 Å². The molecular weight excluding hydrogens is 232 g/mol. The normalized spacial score (nSPS) is 38.1. The molecule has 1 heteroatoms. The van der Waals surface area contributed by atoms with Crippen molar-refractivity contribution in [2.45, 2.75) is 26.7 Å². The van der Waals surface area contributed by atoms with Crippen LogP contribution in [0.3, 0.4) is 0 Å². The van der Waals surface area contributed by atoms with Crippen molar-refractivity contribution in [2.24, 2.45) is 16.7 Å². The summed E-state index contributed by atoms with van der Waals surface area (Å²) in [6.07, 6.45) is 8.60. The van der Waals surface area contributed by atoms with Crippen LogP contribution in [0.4, 0.5) is 0 Å². The quantitative estimate of drug-likeness (QED) is 0.677. The molecule has 96 valence electrons. The third kappa shape index (κ3) is 1.19. The lowest BCUT2D eigenvalue weighted by atomic mass is 9.68. The molecular formula is C18H18O. The van der Waals surface area contributed by atoms with Gasteiger partial charge in [-0.1, -0.05) is 50.3 Å². The van der Waals surface area contributed by atoms with Crippen LogP contribution in [0, 0.1) is 16.7 Å². The lowest BCUT2D eigenvalue weighted by Crippen LogP contribution is -2.33. The van der Waals surface area contributed by atoms with E-state index < -0.39 is 0 Å². The van der Waals surface area contributed by atoms with Gasteiger partial charge in [-0.05, 0) is 41.4 Å². The Labute approximate surface area is 114 Å². The first kappa shape index (κ1) is 11.2. The van der Waals surface area contributed by atoms with Crippen LogP contribution in [0.25, 0.3) is 12.2 Å². The van der Waals surface area contributed by atoms with E-state index in [1.807, 2.05) is 0 Å². The first-order valence-electron chi connectivity index (χ1n) is 7.10. The zero-order valence-corrected chi connectivity index (χ0v) is 11.4. The molecule has 5 bridgehead atoms. The van der Waals surface area contributed by atoms with Crippen LogP contribution in [0.1, 0.15) is 37.8 Å². The summed E-state index contributed by atoms with van der Waals surface area (Å²) >= 11 is 0. The van der Waals surface area contributed by atoms with Gasteiger partial charge < -0.3 is 0 Å². The highest BCUT2D eigenvalue weighted by Crippen LogP contribution is 2.66. The van der Waals surface area contributed by atoms with Gasteiger partial charge in [0.15, 0.2) is 5.78 Å². The van der Waals surface area contributed by atoms with Gasteiger partial charge in [0, 0.05) is 5.57 Å². The third-order valence-corrected chi connectivity index (χ3v) is 5.71. The maximum Gasteiger partial charge on any atom is 0.169 e. The maximum absolute atomic E-state index is 12.9. The van der Waals surface area contributed by atoms with E-state index in [4.69, 9.17) is 0 Å². The molecule has 2 saturated carbocycles. The highest BCUT2D eigenvalue weighted by molar-refractivity contribution is 6.09. The minimum absolute atomic E-state index is 0.0529. The second kappa shape index (κ2) is 3.27. The summed E-state index contributed by atoms with van der Waals surface area (Å²) in [5.41, 5.74) is 3.18. The lowest BCUT2D eigenvalue weighted by molar-refractivity contribution is -0.123. The van der Waals surface area contributed by atoms with Gasteiger partial charge in [0.2, 0.25) is 0 Å². The molecule has 1 aromatic carbocycles. The minimum Gasteiger partial charge on any atom is -0.294 e. The summed E-state index contributed by atoms with van der Waals surface area (Å²) in [4.78, 5) is 12.9. The standard InChI is InChI=1S/C18H18O/c1-17(2)15-8-10-18(17)9-7-12-3-5-13(6-4-12)11-14(15)16(18)19/h3-7,9,11,15H,8,10H2,1-2H3/b9-7-,14-11-. The van der Waals surface area contributed by atoms with E-state index in [-0.39, 0.29) is 10.8 Å². The molecule has 0 amide bonds. The molecule has 1 aromatic rings. The minimum atomic E-state index is -0.268. The Morgan fingerprint density at radius 1 is 1.11 bits per heavy atom. The molecule has 1 nitrogen and oxygen atoms in total. The van der Waals surface area contributed by atoms with Crippen LogP contribution in [0.15, 0.2) is 35.9 Å². The molecule has 19 heavy (non-hydrogen) atoms. The topological polar surface area (TPSA) is 17.1 Å². The summed E-state index contributed by atoms with van der Waals surface area (Å²) < 4.78 is 0. The Kier molecular flexibility index (Phi) is 1.93. The Morgan fingerprint density at radius 2 is 1.79 bits per heavy atom. The second-order valence-electron chi connectivity index (χ2n) is 6.71. The van der Waals surface area contributed by atoms with Gasteiger partial charge in [0.25, 0.3) is 0 Å². The van der Waals surface area contributed by atoms with Gasteiger partial charge in [-0.25, -0.2) is 0 Å². The van der Waals surface area contributed by atoms with Crippen LogP contribution in [-0.2, 0) is 4.79 Å². The Hall–Kier alpha value is -1.63. The molecule has 2 unspecified atom stereocenters. The van der Waals surface area contributed by atoms with Crippen LogP contribution in [0.5, 0.6) is 0 Å². The number of carbonyl (C=O) groups excluding carboxylic acids is 1. The smallest absolute Gasteiger partial charge is 0.169 e. The predicted molar refractivity (Wildman–Crippen MR) is 77.4 cm³/mol. The number of allylic oxidation sites excluding steroid dienone is 2. The van der Waals surface area contributed by atoms with Crippen molar-refractivity contribution in [1.82, 2.24) is 0 Å². The van der Waals surface area contributed by atoms with Crippen LogP contribution in [0.2, 0.25) is 0 Å². The van der Waals surface area contributed by atoms with E-state index in [0.717, 1.165) is 24.0 Å². The number of ketones is 1. The first-order valence-corrected chi connectivity index (χ1v) is 7.10. The largest absolute Gasteiger partial charge is 0.294 e. The van der Waals surface area contributed by atoms with Gasteiger partial charge in [-0.15, -0.1) is 0 Å². The SMILES string of the molecule is CC1(C)C2CCC13/C=C\c1ccc(cc1)/C=C/2C3=O. The third-order valence-electron chi connectivity index (χ3n) is 5.71. The van der Waals surface area contributed by atoms with E-state index in [2.05, 4.69) is 56.3 Å². The maximum atomic E-state index is 12.9. The molecule has 4 aliphatic carbocycles. The highest BCUT2D eigenvalue weighted by Gasteiger charge is 2.65. The predicted octanol–water partition coefficient (Wildman–Crippen LogP) is 4.10. The van der Waals surface area contributed by atoms with Crippen molar-refractivity contribution >= 4 is 17.9 Å². The number of hydrogen-bond donors (Lipinski definition) is 0. The fourth-order valence-corrected chi connectivity index (χ4v) is 4.39. The molecule has 1 spiro atoms. The summed E-state index contributed by atoms with van der Waals surface area (Å²) in [5, 5.41) is 0. The average Bonchev–Trinajstić information content (AvgIpc) is 2.71. The molecule has 0 aliphatic heterocycles. The van der Waals surface area contributed by atoms with Crippen molar-refractivity contribution in [3.05, 3.63) is 47.0 Å². The molecule has 2 fully saturated rings. The van der Waals surface area contributed by atoms with E-state index >= 15 is 0 Å². The number of rotatable bonds is 0. The van der Waals surface area contributed by atoms with Crippen LogP contribution in [-0.4, -0.2) is 5.78 Å². The Bertz CT molecular complexity index is 630. The Morgan fingerprint density at radius 3 is 2.53 bits per heavy atom. The van der Waals surface area contributed by atoms with Crippen LogP contribution < -0.4 is 0 Å². The van der Waals surface area contributed by atoms with E-state index in [1.165, 1.54) is 5.56 Å². The molecule has 5 rings (SSSR count). The summed E-state index contributed by atoms with van der Waals surface area (Å²) in [5.74, 6) is 0.786. The fourth-order valence-electron chi connectivity index (χ4n) is 4.39. The van der Waals surface area contributed by atoms with E-state index in [1.54, 1.807) is 0 Å². The van der Waals surface area contributed by atoms with Gasteiger partial charge in [0.1, 0.15) is 0 Å². The number of Topliss-reactive ketones (excluding diaryl/α,β-unsaturated/α-hetero) is 1. The second-order valence-corrected chi connectivity index (χ2v) is 6.71. The highest BCUT2D eigenvalue weighted by atomic mass is 16.1. The van der Waals surface area contributed by atoms with Crippen molar-refractivity contribution in [3.8, 4) is 0 Å².